The number of hydrogen-bond donors (Lipinski definition) is 1. The van der Waals surface area contributed by atoms with E-state index in [1.165, 1.54) is 51.4 Å². The molecule has 1 N–H and O–H groups in total. The van der Waals surface area contributed by atoms with Crippen LogP contribution in [0.5, 0.6) is 0 Å². The van der Waals surface area contributed by atoms with Crippen LogP contribution < -0.4 is 5.32 Å². The van der Waals surface area contributed by atoms with Gasteiger partial charge in [-0.05, 0) is 46.5 Å². The van der Waals surface area contributed by atoms with Gasteiger partial charge in [-0.25, -0.2) is 9.78 Å². The molecule has 1 fully saturated rings. The summed E-state index contributed by atoms with van der Waals surface area (Å²) < 4.78 is 29.2. The first-order valence-corrected chi connectivity index (χ1v) is 17.0. The molecule has 0 aromatic carbocycles. The number of halogens is 1. The second kappa shape index (κ2) is 24.2. The van der Waals surface area contributed by atoms with Crippen LogP contribution in [0, 0.1) is 25.3 Å². The van der Waals surface area contributed by atoms with Gasteiger partial charge in [-0.2, -0.15) is 9.37 Å². The molecule has 0 spiro atoms. The van der Waals surface area contributed by atoms with Crippen LogP contribution in [-0.2, 0) is 19.0 Å². The van der Waals surface area contributed by atoms with E-state index in [0.29, 0.717) is 24.4 Å². The number of unbranched alkanes of at least 4 members (excludes halogenated alkanes) is 12. The van der Waals surface area contributed by atoms with Crippen molar-refractivity contribution < 1.29 is 28.2 Å². The molecule has 0 aliphatic carbocycles. The van der Waals surface area contributed by atoms with E-state index in [9.17, 15) is 14.0 Å². The van der Waals surface area contributed by atoms with Crippen molar-refractivity contribution in [1.82, 2.24) is 9.97 Å². The maximum absolute atomic E-state index is 13.2. The molecule has 1 aliphatic rings. The molecule has 2 heterocycles. The standard InChI is InChI=1S/C21H36O4.C14H21FN4O/c1-4-6-7-8-9-10-11-12-13-14-17-23-20(22)24-18-21(5-2)16-15-19(3)25-21;1-4-6-7-8-9-11(20)18-13-12(16-5-2)10(3)17-14(15)19-13/h2,19H,4,6-18H2,1,3H3;5H,4,6-9H2,1-3H3,(H,17,18,19,20). The Kier molecular flexibility index (Phi) is 21.5. The van der Waals surface area contributed by atoms with Crippen LogP contribution in [-0.4, -0.2) is 53.2 Å². The SMILES string of the molecule is C#CC1(COC(=O)OCCCCCCCCCCCC)CCC(C)O1.CC=Nc1c(C)nc(F)nc1NC(=O)CCCCCC. The molecule has 45 heavy (non-hydrogen) atoms. The predicted octanol–water partition coefficient (Wildman–Crippen LogP) is 9.19. The second-order valence-electron chi connectivity index (χ2n) is 11.7. The first-order chi connectivity index (χ1) is 21.7. The molecular weight excluding hydrogens is 575 g/mol. The van der Waals surface area contributed by atoms with Crippen LogP contribution in [0.4, 0.5) is 20.7 Å². The molecule has 1 aromatic rings. The van der Waals surface area contributed by atoms with E-state index >= 15 is 0 Å². The number of anilines is 1. The Balaban J connectivity index is 0.000000461. The average molecular weight is 633 g/mol. The maximum atomic E-state index is 13.2. The number of carbonyl (C=O) groups excluding carboxylic acids is 2. The summed E-state index contributed by atoms with van der Waals surface area (Å²) in [7, 11) is 0. The summed E-state index contributed by atoms with van der Waals surface area (Å²) in [6.07, 6.45) is 24.3. The summed E-state index contributed by atoms with van der Waals surface area (Å²) in [6, 6.07) is 0. The average Bonchev–Trinajstić information content (AvgIpc) is 3.40. The van der Waals surface area contributed by atoms with Crippen molar-refractivity contribution in [2.75, 3.05) is 18.5 Å². The third kappa shape index (κ3) is 17.9. The lowest BCUT2D eigenvalue weighted by Gasteiger charge is -2.22. The minimum absolute atomic E-state index is 0.0741. The third-order valence-corrected chi connectivity index (χ3v) is 7.59. The first-order valence-electron chi connectivity index (χ1n) is 17.0. The van der Waals surface area contributed by atoms with Crippen LogP contribution in [0.25, 0.3) is 0 Å². The Labute approximate surface area is 270 Å². The number of aliphatic imine (C=N–C) groups is 1. The quantitative estimate of drug-likeness (QED) is 0.0501. The normalized spacial score (nSPS) is 17.4. The van der Waals surface area contributed by atoms with Crippen molar-refractivity contribution >= 4 is 29.8 Å². The minimum Gasteiger partial charge on any atom is -0.434 e. The molecule has 2 atom stereocenters. The van der Waals surface area contributed by atoms with E-state index in [4.69, 9.17) is 20.6 Å². The van der Waals surface area contributed by atoms with Crippen LogP contribution in [0.1, 0.15) is 143 Å². The fourth-order valence-electron chi connectivity index (χ4n) is 4.97. The lowest BCUT2D eigenvalue weighted by molar-refractivity contribution is -0.116. The Morgan fingerprint density at radius 2 is 1.62 bits per heavy atom. The zero-order chi connectivity index (χ0) is 33.3. The predicted molar refractivity (Wildman–Crippen MR) is 178 cm³/mol. The summed E-state index contributed by atoms with van der Waals surface area (Å²) >= 11 is 0. The summed E-state index contributed by atoms with van der Waals surface area (Å²) in [4.78, 5) is 34.7. The van der Waals surface area contributed by atoms with Crippen molar-refractivity contribution in [3.05, 3.63) is 11.8 Å². The van der Waals surface area contributed by atoms with Crippen LogP contribution in [0.15, 0.2) is 4.99 Å². The highest BCUT2D eigenvalue weighted by Crippen LogP contribution is 2.30. The number of amides is 1. The van der Waals surface area contributed by atoms with Crippen molar-refractivity contribution in [3.63, 3.8) is 0 Å². The number of carbonyl (C=O) groups is 2. The fourth-order valence-corrected chi connectivity index (χ4v) is 4.97. The molecule has 2 rings (SSSR count). The lowest BCUT2D eigenvalue weighted by atomic mass is 10.0. The van der Waals surface area contributed by atoms with E-state index in [-0.39, 0.29) is 24.4 Å². The molecule has 2 unspecified atom stereocenters. The highest BCUT2D eigenvalue weighted by Gasteiger charge is 2.38. The van der Waals surface area contributed by atoms with Crippen molar-refractivity contribution in [3.8, 4) is 12.3 Å². The number of rotatable bonds is 20. The number of ether oxygens (including phenoxy) is 3. The number of terminal acetylenes is 1. The van der Waals surface area contributed by atoms with Gasteiger partial charge in [0.25, 0.3) is 0 Å². The minimum atomic E-state index is -0.862. The Hall–Kier alpha value is -3.06. The van der Waals surface area contributed by atoms with Crippen molar-refractivity contribution in [2.45, 2.75) is 155 Å². The third-order valence-electron chi connectivity index (χ3n) is 7.59. The smallest absolute Gasteiger partial charge is 0.434 e. The Morgan fingerprint density at radius 1 is 1.02 bits per heavy atom. The molecule has 9 nitrogen and oxygen atoms in total. The van der Waals surface area contributed by atoms with Gasteiger partial charge in [0.05, 0.1) is 18.4 Å². The molecule has 254 valence electrons. The molecule has 0 bridgehead atoms. The molecule has 1 amide bonds. The topological polar surface area (TPSA) is 112 Å². The van der Waals surface area contributed by atoms with Gasteiger partial charge in [0.2, 0.25) is 5.91 Å². The van der Waals surface area contributed by atoms with Crippen LogP contribution in [0.2, 0.25) is 0 Å². The van der Waals surface area contributed by atoms with Crippen molar-refractivity contribution in [1.29, 1.82) is 0 Å². The molecular formula is C35H57FN4O5. The van der Waals surface area contributed by atoms with Gasteiger partial charge in [0, 0.05) is 12.6 Å². The molecule has 1 aromatic heterocycles. The highest BCUT2D eigenvalue weighted by molar-refractivity contribution is 5.93. The summed E-state index contributed by atoms with van der Waals surface area (Å²) in [5.74, 6) is 2.58. The van der Waals surface area contributed by atoms with Gasteiger partial charge in [0.15, 0.2) is 11.4 Å². The zero-order valence-corrected chi connectivity index (χ0v) is 28.4. The summed E-state index contributed by atoms with van der Waals surface area (Å²) in [6.45, 7) is 10.2. The van der Waals surface area contributed by atoms with Crippen LogP contribution in [0.3, 0.4) is 0 Å². The largest absolute Gasteiger partial charge is 0.508 e. The fraction of sp³-hybridized carbons (Fsp3) is 0.743. The first kappa shape index (κ1) is 40.0. The van der Waals surface area contributed by atoms with Crippen molar-refractivity contribution in [2.24, 2.45) is 4.99 Å². The Morgan fingerprint density at radius 3 is 2.18 bits per heavy atom. The van der Waals surface area contributed by atoms with E-state index in [1.54, 1.807) is 20.1 Å². The van der Waals surface area contributed by atoms with Gasteiger partial charge in [-0.15, -0.1) is 6.42 Å². The monoisotopic (exact) mass is 632 g/mol. The highest BCUT2D eigenvalue weighted by atomic mass is 19.1. The zero-order valence-electron chi connectivity index (χ0n) is 28.4. The number of aryl methyl sites for hydroxylation is 1. The number of nitrogens with one attached hydrogen (secondary N) is 1. The molecule has 10 heteroatoms. The summed E-state index contributed by atoms with van der Waals surface area (Å²) in [5.41, 5.74) is 0.0305. The number of hydrogen-bond acceptors (Lipinski definition) is 8. The van der Waals surface area contributed by atoms with Crippen LogP contribution >= 0.6 is 0 Å². The van der Waals surface area contributed by atoms with E-state index in [0.717, 1.165) is 51.4 Å². The van der Waals surface area contributed by atoms with Gasteiger partial charge < -0.3 is 19.5 Å². The van der Waals surface area contributed by atoms with Gasteiger partial charge in [-0.3, -0.25) is 9.79 Å². The molecule has 1 saturated heterocycles. The van der Waals surface area contributed by atoms with Gasteiger partial charge in [-0.1, -0.05) is 96.8 Å². The van der Waals surface area contributed by atoms with E-state index in [2.05, 4.69) is 40.0 Å². The Bertz CT molecular complexity index is 1060. The maximum Gasteiger partial charge on any atom is 0.508 e. The van der Waals surface area contributed by atoms with E-state index < -0.39 is 17.8 Å². The number of aromatic nitrogens is 2. The summed E-state index contributed by atoms with van der Waals surface area (Å²) in [5, 5.41) is 2.61. The molecule has 0 saturated carbocycles. The van der Waals surface area contributed by atoms with E-state index in [1.807, 2.05) is 6.92 Å². The van der Waals surface area contributed by atoms with Gasteiger partial charge in [0.1, 0.15) is 12.3 Å². The number of nitrogens with zero attached hydrogens (tertiary/aromatic N) is 3. The molecule has 0 radical (unpaired) electrons. The lowest BCUT2D eigenvalue weighted by Crippen LogP contribution is -2.34. The second-order valence-corrected chi connectivity index (χ2v) is 11.7. The molecule has 1 aliphatic heterocycles. The van der Waals surface area contributed by atoms with Gasteiger partial charge >= 0.3 is 12.2 Å².